The molecule has 9 heteroatoms. The van der Waals surface area contributed by atoms with Gasteiger partial charge in [0, 0.05) is 26.6 Å². The minimum Gasteiger partial charge on any atom is -0.490 e. The standard InChI is InChI=1S/C32H24Cl3N3O3/c1-2-40-30-15-20(14-27(35)31(30)41-19-22-12-13-23(33)16-26(22)34)18-36-38-32(39)25-17-29(21-8-4-3-5-9-21)37-28-11-7-6-10-24(25)28/h3-18H,2,19H2,1H3,(H,38,39)/b36-18+. The molecule has 0 unspecified atom stereocenters. The zero-order valence-corrected chi connectivity index (χ0v) is 24.2. The van der Waals surface area contributed by atoms with E-state index < -0.39 is 0 Å². The van der Waals surface area contributed by atoms with E-state index in [1.165, 1.54) is 6.21 Å². The van der Waals surface area contributed by atoms with Gasteiger partial charge in [-0.2, -0.15) is 5.10 Å². The maximum absolute atomic E-state index is 13.2. The number of para-hydroxylation sites is 1. The number of ether oxygens (including phenoxy) is 2. The number of hydrogen-bond donors (Lipinski definition) is 1. The van der Waals surface area contributed by atoms with Crippen LogP contribution in [0.5, 0.6) is 11.5 Å². The van der Waals surface area contributed by atoms with E-state index in [0.29, 0.717) is 55.5 Å². The molecule has 0 atom stereocenters. The zero-order valence-electron chi connectivity index (χ0n) is 21.9. The van der Waals surface area contributed by atoms with Gasteiger partial charge in [-0.05, 0) is 48.9 Å². The molecule has 1 amide bonds. The second-order valence-electron chi connectivity index (χ2n) is 8.92. The average molecular weight is 605 g/mol. The molecular formula is C32H24Cl3N3O3. The van der Waals surface area contributed by atoms with Crippen LogP contribution in [0.1, 0.15) is 28.4 Å². The summed E-state index contributed by atoms with van der Waals surface area (Å²) in [6, 6.07) is 27.6. The number of amides is 1. The maximum atomic E-state index is 13.2. The highest BCUT2D eigenvalue weighted by atomic mass is 35.5. The first-order valence-electron chi connectivity index (χ1n) is 12.7. The van der Waals surface area contributed by atoms with E-state index in [0.717, 1.165) is 16.5 Å². The second kappa shape index (κ2) is 13.0. The molecular weight excluding hydrogens is 581 g/mol. The summed E-state index contributed by atoms with van der Waals surface area (Å²) in [6.45, 7) is 2.42. The topological polar surface area (TPSA) is 72.8 Å². The molecule has 1 aromatic heterocycles. The molecule has 0 spiro atoms. The Balaban J connectivity index is 1.36. The van der Waals surface area contributed by atoms with Crippen molar-refractivity contribution in [2.75, 3.05) is 6.61 Å². The van der Waals surface area contributed by atoms with Crippen LogP contribution in [0.2, 0.25) is 15.1 Å². The van der Waals surface area contributed by atoms with Crippen LogP contribution in [0.4, 0.5) is 0 Å². The van der Waals surface area contributed by atoms with E-state index in [9.17, 15) is 4.79 Å². The predicted octanol–water partition coefficient (Wildman–Crippen LogP) is 8.60. The number of nitrogens with one attached hydrogen (secondary N) is 1. The lowest BCUT2D eigenvalue weighted by Gasteiger charge is -2.15. The highest BCUT2D eigenvalue weighted by molar-refractivity contribution is 6.35. The van der Waals surface area contributed by atoms with Gasteiger partial charge >= 0.3 is 0 Å². The van der Waals surface area contributed by atoms with E-state index in [4.69, 9.17) is 49.3 Å². The van der Waals surface area contributed by atoms with Crippen LogP contribution < -0.4 is 14.9 Å². The average Bonchev–Trinajstić information content (AvgIpc) is 2.97. The molecule has 1 heterocycles. The summed E-state index contributed by atoms with van der Waals surface area (Å²) in [6.07, 6.45) is 1.49. The Kier molecular flexibility index (Phi) is 9.04. The summed E-state index contributed by atoms with van der Waals surface area (Å²) in [5, 5.41) is 6.26. The van der Waals surface area contributed by atoms with Gasteiger partial charge in [-0.15, -0.1) is 0 Å². The number of fused-ring (bicyclic) bond motifs is 1. The van der Waals surface area contributed by atoms with E-state index in [1.807, 2.05) is 61.5 Å². The molecule has 4 aromatic carbocycles. The number of halogens is 3. The number of hydrazone groups is 1. The number of benzene rings is 4. The molecule has 206 valence electrons. The van der Waals surface area contributed by atoms with Crippen molar-refractivity contribution in [3.05, 3.63) is 123 Å². The number of rotatable bonds is 9. The van der Waals surface area contributed by atoms with Gasteiger partial charge in [0.05, 0.1) is 34.6 Å². The number of carbonyl (C=O) groups excluding carboxylic acids is 1. The molecule has 0 radical (unpaired) electrons. The van der Waals surface area contributed by atoms with Crippen LogP contribution in [0.15, 0.2) is 96.1 Å². The number of pyridine rings is 1. The van der Waals surface area contributed by atoms with Crippen LogP contribution in [-0.4, -0.2) is 23.7 Å². The molecule has 0 aliphatic rings. The first-order chi connectivity index (χ1) is 19.9. The van der Waals surface area contributed by atoms with Crippen LogP contribution in [0.3, 0.4) is 0 Å². The molecule has 0 fully saturated rings. The molecule has 5 rings (SSSR count). The van der Waals surface area contributed by atoms with E-state index in [2.05, 4.69) is 10.5 Å². The Labute approximate surface area is 252 Å². The van der Waals surface area contributed by atoms with Gasteiger partial charge in [-0.3, -0.25) is 4.79 Å². The maximum Gasteiger partial charge on any atom is 0.272 e. The van der Waals surface area contributed by atoms with Crippen molar-refractivity contribution in [2.45, 2.75) is 13.5 Å². The van der Waals surface area contributed by atoms with Crippen molar-refractivity contribution in [1.82, 2.24) is 10.4 Å². The molecule has 1 N–H and O–H groups in total. The number of hydrogen-bond acceptors (Lipinski definition) is 5. The van der Waals surface area contributed by atoms with Crippen molar-refractivity contribution < 1.29 is 14.3 Å². The van der Waals surface area contributed by atoms with Gasteiger partial charge in [-0.1, -0.05) is 89.4 Å². The normalized spacial score (nSPS) is 11.1. The van der Waals surface area contributed by atoms with Crippen molar-refractivity contribution in [3.8, 4) is 22.8 Å². The summed E-state index contributed by atoms with van der Waals surface area (Å²) in [7, 11) is 0. The predicted molar refractivity (Wildman–Crippen MR) is 166 cm³/mol. The van der Waals surface area contributed by atoms with Gasteiger partial charge < -0.3 is 9.47 Å². The Hall–Kier alpha value is -4.10. The van der Waals surface area contributed by atoms with Gasteiger partial charge in [0.15, 0.2) is 11.5 Å². The minimum absolute atomic E-state index is 0.171. The van der Waals surface area contributed by atoms with Crippen molar-refractivity contribution in [1.29, 1.82) is 0 Å². The van der Waals surface area contributed by atoms with E-state index >= 15 is 0 Å². The Morgan fingerprint density at radius 2 is 1.68 bits per heavy atom. The Morgan fingerprint density at radius 1 is 0.902 bits per heavy atom. The SMILES string of the molecule is CCOc1cc(/C=N/NC(=O)c2cc(-c3ccccc3)nc3ccccc23)cc(Cl)c1OCc1ccc(Cl)cc1Cl. The third-order valence-corrected chi connectivity index (χ3v) is 7.00. The molecule has 5 aromatic rings. The number of nitrogens with zero attached hydrogens (tertiary/aromatic N) is 2. The smallest absolute Gasteiger partial charge is 0.272 e. The number of carbonyl (C=O) groups is 1. The lowest BCUT2D eigenvalue weighted by atomic mass is 10.0. The minimum atomic E-state index is -0.368. The van der Waals surface area contributed by atoms with Crippen LogP contribution in [0, 0.1) is 0 Å². The zero-order chi connectivity index (χ0) is 28.8. The Bertz CT molecular complexity index is 1740. The molecule has 0 saturated heterocycles. The van der Waals surface area contributed by atoms with Crippen LogP contribution >= 0.6 is 34.8 Å². The highest BCUT2D eigenvalue weighted by Gasteiger charge is 2.15. The van der Waals surface area contributed by atoms with Crippen molar-refractivity contribution in [3.63, 3.8) is 0 Å². The fourth-order valence-corrected chi connectivity index (χ4v) is 4.94. The second-order valence-corrected chi connectivity index (χ2v) is 10.2. The summed E-state index contributed by atoms with van der Waals surface area (Å²) >= 11 is 18.8. The van der Waals surface area contributed by atoms with Gasteiger partial charge in [0.1, 0.15) is 6.61 Å². The first kappa shape index (κ1) is 28.4. The van der Waals surface area contributed by atoms with Gasteiger partial charge in [-0.25, -0.2) is 10.4 Å². The summed E-state index contributed by atoms with van der Waals surface area (Å²) in [5.74, 6) is 0.441. The molecule has 6 nitrogen and oxygen atoms in total. The lowest BCUT2D eigenvalue weighted by molar-refractivity contribution is 0.0956. The summed E-state index contributed by atoms with van der Waals surface area (Å²) in [5.41, 5.74) is 6.77. The molecule has 0 saturated carbocycles. The summed E-state index contributed by atoms with van der Waals surface area (Å²) in [4.78, 5) is 18.0. The van der Waals surface area contributed by atoms with Crippen LogP contribution in [-0.2, 0) is 6.61 Å². The third-order valence-electron chi connectivity index (χ3n) is 6.13. The molecule has 0 aliphatic carbocycles. The van der Waals surface area contributed by atoms with Crippen LogP contribution in [0.25, 0.3) is 22.2 Å². The summed E-state index contributed by atoms with van der Waals surface area (Å²) < 4.78 is 11.7. The van der Waals surface area contributed by atoms with Gasteiger partial charge in [0.25, 0.3) is 5.91 Å². The molecule has 41 heavy (non-hydrogen) atoms. The van der Waals surface area contributed by atoms with Crippen molar-refractivity contribution in [2.24, 2.45) is 5.10 Å². The van der Waals surface area contributed by atoms with E-state index in [1.54, 1.807) is 36.4 Å². The van der Waals surface area contributed by atoms with Crippen molar-refractivity contribution >= 4 is 57.8 Å². The van der Waals surface area contributed by atoms with Gasteiger partial charge in [0.2, 0.25) is 0 Å². The monoisotopic (exact) mass is 603 g/mol. The fraction of sp³-hybridized carbons (Fsp3) is 0.0938. The highest BCUT2D eigenvalue weighted by Crippen LogP contribution is 2.37. The quantitative estimate of drug-likeness (QED) is 0.135. The number of aromatic nitrogens is 1. The Morgan fingerprint density at radius 3 is 2.46 bits per heavy atom. The molecule has 0 bridgehead atoms. The first-order valence-corrected chi connectivity index (χ1v) is 13.9. The van der Waals surface area contributed by atoms with E-state index in [-0.39, 0.29) is 12.5 Å². The fourth-order valence-electron chi connectivity index (χ4n) is 4.20. The lowest BCUT2D eigenvalue weighted by Crippen LogP contribution is -2.18. The third kappa shape index (κ3) is 6.80. The molecule has 0 aliphatic heterocycles. The largest absolute Gasteiger partial charge is 0.490 e.